The summed E-state index contributed by atoms with van der Waals surface area (Å²) in [5.41, 5.74) is 6.58. The number of carbonyl (C=O) groups excluding carboxylic acids is 1. The van der Waals surface area contributed by atoms with Gasteiger partial charge in [-0.1, -0.05) is 6.07 Å². The molecule has 0 bridgehead atoms. The zero-order valence-corrected chi connectivity index (χ0v) is 13.7. The summed E-state index contributed by atoms with van der Waals surface area (Å²) < 4.78 is 32.7. The molecule has 3 heterocycles. The normalized spacial score (nSPS) is 11.0. The fourth-order valence-corrected chi connectivity index (χ4v) is 2.46. The number of nitrogens with zero attached hydrogens (tertiary/aromatic N) is 4. The molecule has 4 aromatic rings. The third-order valence-electron chi connectivity index (χ3n) is 3.76. The van der Waals surface area contributed by atoms with E-state index in [0.29, 0.717) is 22.8 Å². The maximum Gasteiger partial charge on any atom is 0.270 e. The van der Waals surface area contributed by atoms with E-state index in [1.165, 1.54) is 22.9 Å². The number of hydrogen-bond acceptors (Lipinski definition) is 6. The summed E-state index contributed by atoms with van der Waals surface area (Å²) in [4.78, 5) is 20.6. The Labute approximate surface area is 150 Å². The highest BCUT2D eigenvalue weighted by Gasteiger charge is 2.16. The van der Waals surface area contributed by atoms with Crippen LogP contribution in [-0.4, -0.2) is 25.5 Å². The second-order valence-electron chi connectivity index (χ2n) is 5.61. The quantitative estimate of drug-likeness (QED) is 0.570. The Balaban J connectivity index is 1.57. The summed E-state index contributed by atoms with van der Waals surface area (Å²) in [7, 11) is 0. The number of benzene rings is 1. The molecule has 0 radical (unpaired) electrons. The molecule has 0 unspecified atom stereocenters. The van der Waals surface area contributed by atoms with Crippen molar-refractivity contribution >= 4 is 17.5 Å². The van der Waals surface area contributed by atoms with E-state index in [9.17, 15) is 13.6 Å². The first-order valence-corrected chi connectivity index (χ1v) is 7.80. The van der Waals surface area contributed by atoms with Gasteiger partial charge in [-0.15, -0.1) is 5.10 Å². The molecular formula is C17H12F2N6O2. The molecular weight excluding hydrogens is 358 g/mol. The van der Waals surface area contributed by atoms with Gasteiger partial charge >= 0.3 is 0 Å². The third-order valence-corrected chi connectivity index (χ3v) is 3.76. The number of hydrogen-bond donors (Lipinski definition) is 2. The number of anilines is 1. The van der Waals surface area contributed by atoms with Crippen LogP contribution < -0.4 is 11.1 Å². The molecule has 0 fully saturated rings. The zero-order valence-electron chi connectivity index (χ0n) is 13.7. The third kappa shape index (κ3) is 3.19. The topological polar surface area (TPSA) is 111 Å². The van der Waals surface area contributed by atoms with E-state index in [1.54, 1.807) is 12.1 Å². The molecule has 1 aromatic carbocycles. The van der Waals surface area contributed by atoms with Crippen molar-refractivity contribution in [1.29, 1.82) is 0 Å². The van der Waals surface area contributed by atoms with Crippen LogP contribution in [0, 0.1) is 11.6 Å². The molecule has 0 aliphatic carbocycles. The lowest BCUT2D eigenvalue weighted by Gasteiger charge is -2.06. The van der Waals surface area contributed by atoms with Gasteiger partial charge in [-0.3, -0.25) is 4.79 Å². The molecule has 8 nitrogen and oxygen atoms in total. The summed E-state index contributed by atoms with van der Waals surface area (Å²) in [6.07, 6.45) is 1.49. The highest BCUT2D eigenvalue weighted by Crippen LogP contribution is 2.18. The number of nitrogen functional groups attached to an aromatic ring is 1. The highest BCUT2D eigenvalue weighted by atomic mass is 19.2. The van der Waals surface area contributed by atoms with Crippen molar-refractivity contribution in [2.75, 3.05) is 5.73 Å². The van der Waals surface area contributed by atoms with Crippen molar-refractivity contribution in [3.8, 4) is 11.6 Å². The van der Waals surface area contributed by atoms with Crippen molar-refractivity contribution in [1.82, 2.24) is 24.9 Å². The summed E-state index contributed by atoms with van der Waals surface area (Å²) in [6, 6.07) is 8.17. The van der Waals surface area contributed by atoms with Crippen molar-refractivity contribution in [3.63, 3.8) is 0 Å². The monoisotopic (exact) mass is 370 g/mol. The fraction of sp³-hybridized carbons (Fsp3) is 0.0588. The molecule has 1 amide bonds. The molecule has 0 saturated carbocycles. The number of rotatable bonds is 4. The summed E-state index contributed by atoms with van der Waals surface area (Å²) in [5, 5.41) is 6.75. The zero-order chi connectivity index (χ0) is 19.0. The van der Waals surface area contributed by atoms with E-state index in [0.717, 1.165) is 12.1 Å². The SMILES string of the molecule is Nc1nc(C(=O)NCc2ccc(F)c(F)c2)cc2nc(-c3ccco3)nn12. The Morgan fingerprint density at radius 1 is 1.19 bits per heavy atom. The van der Waals surface area contributed by atoms with Crippen LogP contribution >= 0.6 is 0 Å². The molecule has 27 heavy (non-hydrogen) atoms. The smallest absolute Gasteiger partial charge is 0.270 e. The van der Waals surface area contributed by atoms with E-state index >= 15 is 0 Å². The van der Waals surface area contributed by atoms with Gasteiger partial charge in [-0.25, -0.2) is 18.7 Å². The number of fused-ring (bicyclic) bond motifs is 1. The minimum atomic E-state index is -0.987. The first kappa shape index (κ1) is 16.6. The number of furan rings is 1. The van der Waals surface area contributed by atoms with Gasteiger partial charge in [-0.2, -0.15) is 4.52 Å². The number of amides is 1. The molecule has 4 rings (SSSR count). The second-order valence-corrected chi connectivity index (χ2v) is 5.61. The van der Waals surface area contributed by atoms with Crippen molar-refractivity contribution in [2.24, 2.45) is 0 Å². The minimum absolute atomic E-state index is 0.00681. The maximum atomic E-state index is 13.2. The number of aromatic nitrogens is 4. The number of nitrogens with one attached hydrogen (secondary N) is 1. The van der Waals surface area contributed by atoms with Gasteiger partial charge in [-0.05, 0) is 29.8 Å². The van der Waals surface area contributed by atoms with E-state index in [1.807, 2.05) is 0 Å². The first-order valence-electron chi connectivity index (χ1n) is 7.80. The van der Waals surface area contributed by atoms with Crippen LogP contribution in [0.4, 0.5) is 14.7 Å². The lowest BCUT2D eigenvalue weighted by atomic mass is 10.2. The van der Waals surface area contributed by atoms with Gasteiger partial charge in [0.05, 0.1) is 6.26 Å². The predicted molar refractivity (Wildman–Crippen MR) is 90.4 cm³/mol. The molecule has 0 aliphatic heterocycles. The highest BCUT2D eigenvalue weighted by molar-refractivity contribution is 5.93. The Hall–Kier alpha value is -3.82. The largest absolute Gasteiger partial charge is 0.461 e. The van der Waals surface area contributed by atoms with Crippen LogP contribution in [0.15, 0.2) is 47.1 Å². The average Bonchev–Trinajstić information content (AvgIpc) is 3.31. The summed E-state index contributed by atoms with van der Waals surface area (Å²) in [5.74, 6) is -1.77. The van der Waals surface area contributed by atoms with Gasteiger partial charge in [0.25, 0.3) is 5.91 Å². The van der Waals surface area contributed by atoms with Crippen molar-refractivity contribution in [2.45, 2.75) is 6.54 Å². The number of nitrogens with two attached hydrogens (primary N) is 1. The van der Waals surface area contributed by atoms with Crippen LogP contribution in [0.3, 0.4) is 0 Å². The van der Waals surface area contributed by atoms with Gasteiger partial charge in [0.15, 0.2) is 23.0 Å². The number of halogens is 2. The summed E-state index contributed by atoms with van der Waals surface area (Å²) in [6.45, 7) is -0.00681. The van der Waals surface area contributed by atoms with Gasteiger partial charge < -0.3 is 15.5 Å². The van der Waals surface area contributed by atoms with Crippen LogP contribution in [0.1, 0.15) is 16.1 Å². The molecule has 0 saturated heterocycles. The molecule has 10 heteroatoms. The Bertz CT molecular complexity index is 1140. The Morgan fingerprint density at radius 2 is 2.04 bits per heavy atom. The van der Waals surface area contributed by atoms with E-state index in [2.05, 4.69) is 20.4 Å². The standard InChI is InChI=1S/C17H12F2N6O2/c18-10-4-3-9(6-11(10)19)8-21-16(26)12-7-14-23-15(13-2-1-5-27-13)24-25(14)17(20)22-12/h1-7H,8H2,(H2,20,22)(H,21,26). The first-order chi connectivity index (χ1) is 13.0. The maximum absolute atomic E-state index is 13.2. The predicted octanol–water partition coefficient (Wildman–Crippen LogP) is 2.17. The van der Waals surface area contributed by atoms with Crippen molar-refractivity contribution < 1.29 is 18.0 Å². The van der Waals surface area contributed by atoms with Crippen LogP contribution in [0.2, 0.25) is 0 Å². The molecule has 136 valence electrons. The van der Waals surface area contributed by atoms with Crippen LogP contribution in [-0.2, 0) is 6.54 Å². The van der Waals surface area contributed by atoms with Crippen molar-refractivity contribution in [3.05, 3.63) is 65.6 Å². The minimum Gasteiger partial charge on any atom is -0.461 e. The molecule has 0 atom stereocenters. The van der Waals surface area contributed by atoms with Crippen LogP contribution in [0.25, 0.3) is 17.2 Å². The summed E-state index contributed by atoms with van der Waals surface area (Å²) >= 11 is 0. The molecule has 3 aromatic heterocycles. The lowest BCUT2D eigenvalue weighted by molar-refractivity contribution is 0.0946. The lowest BCUT2D eigenvalue weighted by Crippen LogP contribution is -2.24. The van der Waals surface area contributed by atoms with E-state index in [-0.39, 0.29) is 18.2 Å². The van der Waals surface area contributed by atoms with Crippen LogP contribution in [0.5, 0.6) is 0 Å². The second kappa shape index (κ2) is 6.48. The molecule has 0 aliphatic rings. The van der Waals surface area contributed by atoms with Gasteiger partial charge in [0, 0.05) is 12.6 Å². The van der Waals surface area contributed by atoms with E-state index in [4.69, 9.17) is 10.2 Å². The molecule has 3 N–H and O–H groups in total. The van der Waals surface area contributed by atoms with Gasteiger partial charge in [0.1, 0.15) is 5.69 Å². The Kier molecular flexibility index (Phi) is 3.99. The average molecular weight is 370 g/mol. The van der Waals surface area contributed by atoms with Gasteiger partial charge in [0.2, 0.25) is 11.8 Å². The Morgan fingerprint density at radius 3 is 2.78 bits per heavy atom. The number of carbonyl (C=O) groups is 1. The van der Waals surface area contributed by atoms with E-state index < -0.39 is 17.5 Å². The molecule has 0 spiro atoms. The fourth-order valence-electron chi connectivity index (χ4n) is 2.46.